The minimum atomic E-state index is -0.293. The molecule has 0 aromatic heterocycles. The van der Waals surface area contributed by atoms with Gasteiger partial charge in [0.1, 0.15) is 0 Å². The fourth-order valence-electron chi connectivity index (χ4n) is 4.02. The zero-order valence-corrected chi connectivity index (χ0v) is 13.7. The van der Waals surface area contributed by atoms with Crippen LogP contribution in [0.4, 0.5) is 5.69 Å². The van der Waals surface area contributed by atoms with E-state index >= 15 is 0 Å². The molecule has 1 saturated carbocycles. The minimum absolute atomic E-state index is 0. The highest BCUT2D eigenvalue weighted by molar-refractivity contribution is 5.85. The number of nitrogens with zero attached hydrogens (tertiary/aromatic N) is 2. The molecule has 5 nitrogen and oxygen atoms in total. The van der Waals surface area contributed by atoms with Crippen LogP contribution in [0.5, 0.6) is 0 Å². The largest absolute Gasteiger partial charge is 0.327 e. The molecule has 2 N–H and O–H groups in total. The number of nitro benzene ring substituents is 1. The molecule has 1 aliphatic carbocycles. The monoisotopic (exact) mass is 325 g/mol. The number of hydrogen-bond donors (Lipinski definition) is 1. The van der Waals surface area contributed by atoms with E-state index in [1.54, 1.807) is 12.1 Å². The third-order valence-electron chi connectivity index (χ3n) is 5.24. The molecule has 3 rings (SSSR count). The Balaban J connectivity index is 0.00000176. The zero-order chi connectivity index (χ0) is 15.0. The van der Waals surface area contributed by atoms with E-state index in [9.17, 15) is 10.1 Å². The molecular weight excluding hydrogens is 302 g/mol. The van der Waals surface area contributed by atoms with Crippen molar-refractivity contribution in [3.8, 4) is 0 Å². The number of nitrogens with two attached hydrogens (primary N) is 1. The summed E-state index contributed by atoms with van der Waals surface area (Å²) < 4.78 is 0. The lowest BCUT2D eigenvalue weighted by Gasteiger charge is -2.29. The summed E-state index contributed by atoms with van der Waals surface area (Å²) in [6.45, 7) is 4.77. The average Bonchev–Trinajstić information content (AvgIpc) is 2.85. The van der Waals surface area contributed by atoms with Crippen LogP contribution in [0, 0.1) is 28.9 Å². The highest BCUT2D eigenvalue weighted by atomic mass is 35.5. The number of rotatable bonds is 3. The van der Waals surface area contributed by atoms with Crippen molar-refractivity contribution in [2.45, 2.75) is 38.8 Å². The van der Waals surface area contributed by atoms with Gasteiger partial charge in [0, 0.05) is 37.3 Å². The Morgan fingerprint density at radius 3 is 2.82 bits per heavy atom. The number of hydrogen-bond acceptors (Lipinski definition) is 4. The molecule has 3 atom stereocenters. The average molecular weight is 326 g/mol. The number of likely N-dealkylation sites (tertiary alicyclic amines) is 1. The van der Waals surface area contributed by atoms with Crippen LogP contribution in [0.15, 0.2) is 18.2 Å². The lowest BCUT2D eigenvalue weighted by atomic mass is 9.78. The van der Waals surface area contributed by atoms with Gasteiger partial charge in [0.15, 0.2) is 0 Å². The molecule has 3 unspecified atom stereocenters. The molecule has 1 aromatic rings. The van der Waals surface area contributed by atoms with Crippen LogP contribution >= 0.6 is 12.4 Å². The summed E-state index contributed by atoms with van der Waals surface area (Å²) in [7, 11) is 0. The van der Waals surface area contributed by atoms with Gasteiger partial charge in [-0.25, -0.2) is 0 Å². The van der Waals surface area contributed by atoms with Crippen molar-refractivity contribution in [2.24, 2.45) is 17.6 Å². The Labute approximate surface area is 137 Å². The zero-order valence-electron chi connectivity index (χ0n) is 12.9. The van der Waals surface area contributed by atoms with Gasteiger partial charge in [0.2, 0.25) is 0 Å². The molecule has 6 heteroatoms. The van der Waals surface area contributed by atoms with Gasteiger partial charge in [-0.05, 0) is 37.2 Å². The number of fused-ring (bicyclic) bond motifs is 1. The molecule has 2 aliphatic rings. The molecule has 1 aliphatic heterocycles. The summed E-state index contributed by atoms with van der Waals surface area (Å²) in [5.74, 6) is 1.32. The molecule has 0 radical (unpaired) electrons. The Kier molecular flexibility index (Phi) is 5.42. The summed E-state index contributed by atoms with van der Waals surface area (Å²) >= 11 is 0. The van der Waals surface area contributed by atoms with E-state index < -0.39 is 0 Å². The van der Waals surface area contributed by atoms with Gasteiger partial charge in [0.05, 0.1) is 4.92 Å². The number of halogens is 1. The predicted octanol–water partition coefficient (Wildman–Crippen LogP) is 2.88. The second kappa shape index (κ2) is 6.94. The maximum absolute atomic E-state index is 11.0. The molecule has 0 amide bonds. The third kappa shape index (κ3) is 3.26. The summed E-state index contributed by atoms with van der Waals surface area (Å²) in [5.41, 5.74) is 8.34. The van der Waals surface area contributed by atoms with E-state index in [1.807, 2.05) is 13.0 Å². The van der Waals surface area contributed by atoms with Crippen molar-refractivity contribution in [3.63, 3.8) is 0 Å². The quantitative estimate of drug-likeness (QED) is 0.685. The Bertz CT molecular complexity index is 552. The Hall–Kier alpha value is -1.17. The molecule has 1 aromatic carbocycles. The van der Waals surface area contributed by atoms with Gasteiger partial charge in [-0.3, -0.25) is 15.0 Å². The number of benzene rings is 1. The Morgan fingerprint density at radius 2 is 2.14 bits per heavy atom. The fraction of sp³-hybridized carbons (Fsp3) is 0.625. The van der Waals surface area contributed by atoms with E-state index in [0.29, 0.717) is 17.9 Å². The summed E-state index contributed by atoms with van der Waals surface area (Å²) in [6, 6.07) is 5.71. The first-order valence-corrected chi connectivity index (χ1v) is 7.77. The van der Waals surface area contributed by atoms with Crippen molar-refractivity contribution in [1.29, 1.82) is 0 Å². The van der Waals surface area contributed by atoms with Crippen LogP contribution in [0.1, 0.15) is 30.4 Å². The lowest BCUT2D eigenvalue weighted by Crippen LogP contribution is -2.38. The van der Waals surface area contributed by atoms with Gasteiger partial charge < -0.3 is 5.73 Å². The molecule has 1 saturated heterocycles. The standard InChI is InChI=1S/C16H23N3O2.ClH/c1-11-12(4-3-7-16(11)19(20)21)8-18-9-13-5-2-6-15(17)14(13)10-18;/h3-4,7,13-15H,2,5-6,8-10,17H2,1H3;1H. The smallest absolute Gasteiger partial charge is 0.272 e. The molecule has 22 heavy (non-hydrogen) atoms. The predicted molar refractivity (Wildman–Crippen MR) is 89.2 cm³/mol. The molecule has 1 heterocycles. The van der Waals surface area contributed by atoms with Crippen LogP contribution < -0.4 is 5.73 Å². The van der Waals surface area contributed by atoms with E-state index in [1.165, 1.54) is 12.8 Å². The van der Waals surface area contributed by atoms with E-state index in [0.717, 1.165) is 37.2 Å². The van der Waals surface area contributed by atoms with Crippen molar-refractivity contribution in [1.82, 2.24) is 4.90 Å². The van der Waals surface area contributed by atoms with E-state index in [2.05, 4.69) is 4.90 Å². The molecule has 2 fully saturated rings. The fourth-order valence-corrected chi connectivity index (χ4v) is 4.02. The molecule has 0 spiro atoms. The van der Waals surface area contributed by atoms with Crippen LogP contribution in [0.2, 0.25) is 0 Å². The van der Waals surface area contributed by atoms with Crippen molar-refractivity contribution in [2.75, 3.05) is 13.1 Å². The third-order valence-corrected chi connectivity index (χ3v) is 5.24. The van der Waals surface area contributed by atoms with Gasteiger partial charge in [-0.1, -0.05) is 18.6 Å². The maximum atomic E-state index is 11.0. The molecule has 122 valence electrons. The minimum Gasteiger partial charge on any atom is -0.327 e. The van der Waals surface area contributed by atoms with E-state index in [-0.39, 0.29) is 23.0 Å². The summed E-state index contributed by atoms with van der Waals surface area (Å²) in [5, 5.41) is 11.0. The van der Waals surface area contributed by atoms with Crippen molar-refractivity contribution < 1.29 is 4.92 Å². The second-order valence-corrected chi connectivity index (χ2v) is 6.53. The van der Waals surface area contributed by atoms with Crippen LogP contribution in [0.25, 0.3) is 0 Å². The van der Waals surface area contributed by atoms with Gasteiger partial charge in [-0.2, -0.15) is 0 Å². The SMILES string of the molecule is Cc1c(CN2CC3CCCC(N)C3C2)cccc1[N+](=O)[O-].Cl. The van der Waals surface area contributed by atoms with Crippen molar-refractivity contribution >= 4 is 18.1 Å². The normalized spacial score (nSPS) is 28.0. The maximum Gasteiger partial charge on any atom is 0.272 e. The van der Waals surface area contributed by atoms with Crippen molar-refractivity contribution in [3.05, 3.63) is 39.4 Å². The Morgan fingerprint density at radius 1 is 1.36 bits per heavy atom. The lowest BCUT2D eigenvalue weighted by molar-refractivity contribution is -0.385. The summed E-state index contributed by atoms with van der Waals surface area (Å²) in [6.07, 6.45) is 3.67. The first-order chi connectivity index (χ1) is 10.1. The second-order valence-electron chi connectivity index (χ2n) is 6.53. The van der Waals surface area contributed by atoms with E-state index in [4.69, 9.17) is 5.73 Å². The van der Waals surface area contributed by atoms with Crippen LogP contribution in [-0.4, -0.2) is 29.0 Å². The van der Waals surface area contributed by atoms with Crippen LogP contribution in [0.3, 0.4) is 0 Å². The first kappa shape index (κ1) is 17.2. The van der Waals surface area contributed by atoms with Gasteiger partial charge in [0.25, 0.3) is 5.69 Å². The van der Waals surface area contributed by atoms with Gasteiger partial charge >= 0.3 is 0 Å². The first-order valence-electron chi connectivity index (χ1n) is 7.77. The number of nitro groups is 1. The molecule has 0 bridgehead atoms. The highest BCUT2D eigenvalue weighted by Gasteiger charge is 2.38. The summed E-state index contributed by atoms with van der Waals surface area (Å²) in [4.78, 5) is 13.2. The van der Waals surface area contributed by atoms with Gasteiger partial charge in [-0.15, -0.1) is 12.4 Å². The van der Waals surface area contributed by atoms with Crippen LogP contribution in [-0.2, 0) is 6.54 Å². The molecular formula is C16H24ClN3O2. The topological polar surface area (TPSA) is 72.4 Å². The highest BCUT2D eigenvalue weighted by Crippen LogP contribution is 2.36.